The zero-order valence-electron chi connectivity index (χ0n) is 15.5. The van der Waals surface area contributed by atoms with Crippen LogP contribution in [0.2, 0.25) is 0 Å². The fourth-order valence-electron chi connectivity index (χ4n) is 3.39. The lowest BCUT2D eigenvalue weighted by atomic mass is 9.85. The van der Waals surface area contributed by atoms with Crippen LogP contribution in [0, 0.1) is 11.7 Å². The first-order valence-corrected chi connectivity index (χ1v) is 9.20. The maximum atomic E-state index is 13.3. The van der Waals surface area contributed by atoms with Crippen LogP contribution in [0.4, 0.5) is 10.1 Å². The molecule has 1 aliphatic rings. The summed E-state index contributed by atoms with van der Waals surface area (Å²) in [5, 5.41) is 5.70. The van der Waals surface area contributed by atoms with E-state index in [1.54, 1.807) is 24.3 Å². The Morgan fingerprint density at radius 1 is 1.11 bits per heavy atom. The Morgan fingerprint density at radius 3 is 2.64 bits per heavy atom. The smallest absolute Gasteiger partial charge is 0.255 e. The number of hydrogen-bond acceptors (Lipinski definition) is 3. The van der Waals surface area contributed by atoms with Gasteiger partial charge in [-0.15, -0.1) is 12.4 Å². The highest BCUT2D eigenvalue weighted by Crippen LogP contribution is 2.23. The van der Waals surface area contributed by atoms with E-state index in [1.165, 1.54) is 18.2 Å². The third-order valence-corrected chi connectivity index (χ3v) is 4.82. The molecule has 2 aromatic rings. The average Bonchev–Trinajstić information content (AvgIpc) is 2.66. The van der Waals surface area contributed by atoms with Crippen molar-refractivity contribution in [3.8, 4) is 0 Å². The highest BCUT2D eigenvalue weighted by atomic mass is 35.5. The van der Waals surface area contributed by atoms with Gasteiger partial charge in [-0.2, -0.15) is 0 Å². The van der Waals surface area contributed by atoms with Gasteiger partial charge in [-0.1, -0.05) is 24.6 Å². The predicted octanol–water partition coefficient (Wildman–Crippen LogP) is 3.63. The number of benzene rings is 2. The highest BCUT2D eigenvalue weighted by Gasteiger charge is 2.24. The van der Waals surface area contributed by atoms with Crippen LogP contribution in [0.1, 0.15) is 41.6 Å². The summed E-state index contributed by atoms with van der Waals surface area (Å²) in [5.74, 6) is -0.836. The van der Waals surface area contributed by atoms with Crippen LogP contribution in [-0.2, 0) is 11.3 Å². The lowest BCUT2D eigenvalue weighted by molar-refractivity contribution is -0.126. The van der Waals surface area contributed by atoms with Crippen molar-refractivity contribution in [2.24, 2.45) is 11.7 Å². The summed E-state index contributed by atoms with van der Waals surface area (Å²) in [4.78, 5) is 24.5. The van der Waals surface area contributed by atoms with Crippen molar-refractivity contribution in [2.45, 2.75) is 38.3 Å². The first-order chi connectivity index (χ1) is 13.0. The topological polar surface area (TPSA) is 84.2 Å². The number of anilines is 1. The van der Waals surface area contributed by atoms with E-state index in [4.69, 9.17) is 5.73 Å². The molecule has 0 aliphatic heterocycles. The van der Waals surface area contributed by atoms with E-state index in [-0.39, 0.29) is 41.7 Å². The second-order valence-electron chi connectivity index (χ2n) is 7.01. The van der Waals surface area contributed by atoms with Gasteiger partial charge in [0.25, 0.3) is 5.91 Å². The molecule has 0 saturated heterocycles. The molecule has 0 spiro atoms. The van der Waals surface area contributed by atoms with E-state index in [0.29, 0.717) is 12.2 Å². The SMILES string of the molecule is Cl.NC1CCCC(C(=O)NCc2cccc(NC(=O)c3cccc(F)c3)c2)C1. The molecule has 2 atom stereocenters. The van der Waals surface area contributed by atoms with Crippen molar-refractivity contribution < 1.29 is 14.0 Å². The van der Waals surface area contributed by atoms with Gasteiger partial charge in [0.2, 0.25) is 5.91 Å². The molecular weight excluding hydrogens is 381 g/mol. The Hall–Kier alpha value is -2.44. The molecule has 150 valence electrons. The third kappa shape index (κ3) is 6.04. The summed E-state index contributed by atoms with van der Waals surface area (Å²) in [6.07, 6.45) is 3.58. The van der Waals surface area contributed by atoms with E-state index in [2.05, 4.69) is 10.6 Å². The Labute approximate surface area is 170 Å². The molecule has 1 fully saturated rings. The monoisotopic (exact) mass is 405 g/mol. The fourth-order valence-corrected chi connectivity index (χ4v) is 3.39. The van der Waals surface area contributed by atoms with Gasteiger partial charge in [-0.3, -0.25) is 9.59 Å². The van der Waals surface area contributed by atoms with Crippen molar-refractivity contribution in [3.05, 3.63) is 65.5 Å². The van der Waals surface area contributed by atoms with Gasteiger partial charge in [0.15, 0.2) is 0 Å². The normalized spacial score (nSPS) is 18.6. The molecule has 2 amide bonds. The van der Waals surface area contributed by atoms with Crippen LogP contribution in [0.15, 0.2) is 48.5 Å². The van der Waals surface area contributed by atoms with Crippen LogP contribution in [0.25, 0.3) is 0 Å². The molecule has 1 saturated carbocycles. The van der Waals surface area contributed by atoms with Crippen LogP contribution >= 0.6 is 12.4 Å². The molecule has 1 aliphatic carbocycles. The maximum Gasteiger partial charge on any atom is 0.255 e. The van der Waals surface area contributed by atoms with Crippen molar-refractivity contribution in [2.75, 3.05) is 5.32 Å². The van der Waals surface area contributed by atoms with E-state index >= 15 is 0 Å². The Morgan fingerprint density at radius 2 is 1.89 bits per heavy atom. The zero-order valence-corrected chi connectivity index (χ0v) is 16.3. The average molecular weight is 406 g/mol. The van der Waals surface area contributed by atoms with E-state index in [9.17, 15) is 14.0 Å². The summed E-state index contributed by atoms with van der Waals surface area (Å²) in [7, 11) is 0. The number of carbonyl (C=O) groups is 2. The van der Waals surface area contributed by atoms with Crippen LogP contribution in [0.5, 0.6) is 0 Å². The summed E-state index contributed by atoms with van der Waals surface area (Å²) in [6, 6.07) is 12.9. The Bertz CT molecular complexity index is 831. The maximum absolute atomic E-state index is 13.3. The lowest BCUT2D eigenvalue weighted by Gasteiger charge is -2.25. The molecule has 3 rings (SSSR count). The van der Waals surface area contributed by atoms with Gasteiger partial charge in [0.05, 0.1) is 0 Å². The summed E-state index contributed by atoms with van der Waals surface area (Å²) < 4.78 is 13.3. The highest BCUT2D eigenvalue weighted by molar-refractivity contribution is 6.04. The van der Waals surface area contributed by atoms with Crippen molar-refractivity contribution in [3.63, 3.8) is 0 Å². The second-order valence-corrected chi connectivity index (χ2v) is 7.01. The van der Waals surface area contributed by atoms with Gasteiger partial charge in [-0.25, -0.2) is 4.39 Å². The van der Waals surface area contributed by atoms with Gasteiger partial charge >= 0.3 is 0 Å². The van der Waals surface area contributed by atoms with Gasteiger partial charge in [-0.05, 0) is 55.2 Å². The second kappa shape index (κ2) is 10.2. The van der Waals surface area contributed by atoms with Crippen LogP contribution in [-0.4, -0.2) is 17.9 Å². The molecular formula is C21H25ClFN3O2. The number of halogens is 2. The molecule has 28 heavy (non-hydrogen) atoms. The van der Waals surface area contributed by atoms with Crippen molar-refractivity contribution in [1.82, 2.24) is 5.32 Å². The van der Waals surface area contributed by atoms with Gasteiger partial charge in [0.1, 0.15) is 5.82 Å². The molecule has 0 radical (unpaired) electrons. The van der Waals surface area contributed by atoms with Crippen molar-refractivity contribution in [1.29, 1.82) is 0 Å². The van der Waals surface area contributed by atoms with Crippen molar-refractivity contribution >= 4 is 29.9 Å². The van der Waals surface area contributed by atoms with Gasteiger partial charge in [0, 0.05) is 29.8 Å². The molecule has 4 N–H and O–H groups in total. The Kier molecular flexibility index (Phi) is 7.96. The first-order valence-electron chi connectivity index (χ1n) is 9.20. The quantitative estimate of drug-likeness (QED) is 0.710. The molecule has 0 bridgehead atoms. The minimum Gasteiger partial charge on any atom is -0.352 e. The minimum atomic E-state index is -0.457. The molecule has 5 nitrogen and oxygen atoms in total. The summed E-state index contributed by atoms with van der Waals surface area (Å²) in [5.41, 5.74) is 7.67. The first kappa shape index (κ1) is 21.9. The van der Waals surface area contributed by atoms with Crippen LogP contribution in [0.3, 0.4) is 0 Å². The molecule has 0 heterocycles. The molecule has 2 aromatic carbocycles. The molecule has 2 unspecified atom stereocenters. The van der Waals surface area contributed by atoms with E-state index in [0.717, 1.165) is 31.2 Å². The third-order valence-electron chi connectivity index (χ3n) is 4.82. The standard InChI is InChI=1S/C21H24FN3O2.ClH/c22-17-7-2-5-15(11-17)21(27)25-19-9-1-4-14(10-19)13-24-20(26)16-6-3-8-18(23)12-16;/h1-2,4-5,7,9-11,16,18H,3,6,8,12-13,23H2,(H,24,26)(H,25,27);1H. The number of rotatable bonds is 5. The minimum absolute atomic E-state index is 0. The predicted molar refractivity (Wildman–Crippen MR) is 110 cm³/mol. The largest absolute Gasteiger partial charge is 0.352 e. The number of carbonyl (C=O) groups excluding carboxylic acids is 2. The number of nitrogens with two attached hydrogens (primary N) is 1. The van der Waals surface area contributed by atoms with Crippen LogP contribution < -0.4 is 16.4 Å². The number of nitrogens with one attached hydrogen (secondary N) is 2. The summed E-state index contributed by atoms with van der Waals surface area (Å²) >= 11 is 0. The number of hydrogen-bond donors (Lipinski definition) is 3. The molecule has 7 heteroatoms. The number of amides is 2. The lowest BCUT2D eigenvalue weighted by Crippen LogP contribution is -2.37. The fraction of sp³-hybridized carbons (Fsp3) is 0.333. The zero-order chi connectivity index (χ0) is 19.2. The van der Waals surface area contributed by atoms with Gasteiger partial charge < -0.3 is 16.4 Å². The Balaban J connectivity index is 0.00000280. The summed E-state index contributed by atoms with van der Waals surface area (Å²) in [6.45, 7) is 0.383. The van der Waals surface area contributed by atoms with E-state index in [1.807, 2.05) is 6.07 Å². The molecule has 0 aromatic heterocycles. The van der Waals surface area contributed by atoms with E-state index < -0.39 is 5.82 Å².